The minimum atomic E-state index is -0.576. The van der Waals surface area contributed by atoms with Crippen molar-refractivity contribution >= 4 is 0 Å². The molecular weight excluding hydrogens is 150 g/mol. The summed E-state index contributed by atoms with van der Waals surface area (Å²) >= 11 is 0. The van der Waals surface area contributed by atoms with Gasteiger partial charge in [-0.3, -0.25) is 0 Å². The molecule has 0 spiro atoms. The predicted molar refractivity (Wildman–Crippen MR) is 51.1 cm³/mol. The highest BCUT2D eigenvalue weighted by atomic mass is 16.3. The Balaban J connectivity index is 2.49. The summed E-state index contributed by atoms with van der Waals surface area (Å²) in [7, 11) is 1.98. The van der Waals surface area contributed by atoms with Crippen molar-refractivity contribution in [3.63, 3.8) is 0 Å². The topological polar surface area (TPSA) is 32.3 Å². The van der Waals surface area contributed by atoms with Crippen LogP contribution < -0.4 is 5.32 Å². The van der Waals surface area contributed by atoms with Crippen molar-refractivity contribution in [3.05, 3.63) is 12.2 Å². The molecule has 0 bridgehead atoms. The van der Waals surface area contributed by atoms with Crippen LogP contribution in [0.15, 0.2) is 12.2 Å². The molecule has 0 heterocycles. The minimum absolute atomic E-state index is 0.576. The van der Waals surface area contributed by atoms with Crippen LogP contribution in [0.4, 0.5) is 0 Å². The first-order valence-corrected chi connectivity index (χ1v) is 4.64. The molecule has 0 amide bonds. The Kier molecular flexibility index (Phi) is 2.91. The van der Waals surface area contributed by atoms with Crippen molar-refractivity contribution in [3.8, 4) is 0 Å². The van der Waals surface area contributed by atoms with Crippen LogP contribution in [-0.4, -0.2) is 23.8 Å². The number of hydrogen-bond donors (Lipinski definition) is 2. The highest BCUT2D eigenvalue weighted by Gasteiger charge is 2.32. The summed E-state index contributed by atoms with van der Waals surface area (Å²) in [5.74, 6) is 0. The van der Waals surface area contributed by atoms with E-state index >= 15 is 0 Å². The van der Waals surface area contributed by atoms with Gasteiger partial charge < -0.3 is 10.4 Å². The molecule has 2 heteroatoms. The van der Waals surface area contributed by atoms with Crippen LogP contribution in [0, 0.1) is 0 Å². The molecule has 0 aromatic heterocycles. The van der Waals surface area contributed by atoms with Gasteiger partial charge in [-0.2, -0.15) is 0 Å². The van der Waals surface area contributed by atoms with Gasteiger partial charge in [-0.15, -0.1) is 0 Å². The zero-order valence-corrected chi connectivity index (χ0v) is 8.06. The van der Waals surface area contributed by atoms with Gasteiger partial charge in [-0.05, 0) is 45.2 Å². The van der Waals surface area contributed by atoms with Crippen molar-refractivity contribution < 1.29 is 5.11 Å². The molecule has 1 aliphatic rings. The molecule has 2 N–H and O–H groups in total. The van der Waals surface area contributed by atoms with Crippen LogP contribution >= 0.6 is 0 Å². The summed E-state index contributed by atoms with van der Waals surface area (Å²) in [6, 6.07) is 0.588. The molecule has 1 rings (SSSR count). The quantitative estimate of drug-likeness (QED) is 0.613. The van der Waals surface area contributed by atoms with Gasteiger partial charge in [0.2, 0.25) is 0 Å². The maximum absolute atomic E-state index is 10.0. The van der Waals surface area contributed by atoms with E-state index < -0.39 is 5.60 Å². The second-order valence-corrected chi connectivity index (χ2v) is 3.87. The number of nitrogens with one attached hydrogen (secondary N) is 1. The molecule has 1 fully saturated rings. The van der Waals surface area contributed by atoms with E-state index in [9.17, 15) is 5.11 Å². The Morgan fingerprint density at radius 2 is 2.00 bits per heavy atom. The first-order chi connectivity index (χ1) is 5.58. The monoisotopic (exact) mass is 169 g/mol. The van der Waals surface area contributed by atoms with Gasteiger partial charge in [0.15, 0.2) is 0 Å². The summed E-state index contributed by atoms with van der Waals surface area (Å²) in [4.78, 5) is 0. The standard InChI is InChI=1S/C10H19NO/c1-8(2)10(12)6-4-9(11-3)5-7-10/h9,11-12H,1,4-7H2,2-3H3. The third kappa shape index (κ3) is 1.87. The molecule has 0 unspecified atom stereocenters. The third-order valence-electron chi connectivity index (χ3n) is 3.02. The third-order valence-corrected chi connectivity index (χ3v) is 3.02. The summed E-state index contributed by atoms with van der Waals surface area (Å²) in [6.45, 7) is 5.75. The lowest BCUT2D eigenvalue weighted by Gasteiger charge is -2.36. The van der Waals surface area contributed by atoms with E-state index in [1.54, 1.807) is 0 Å². The smallest absolute Gasteiger partial charge is 0.0852 e. The molecule has 1 aliphatic carbocycles. The van der Waals surface area contributed by atoms with Crippen molar-refractivity contribution in [1.29, 1.82) is 0 Å². The minimum Gasteiger partial charge on any atom is -0.386 e. The van der Waals surface area contributed by atoms with Gasteiger partial charge in [0.1, 0.15) is 0 Å². The van der Waals surface area contributed by atoms with Crippen molar-refractivity contribution in [2.45, 2.75) is 44.2 Å². The molecule has 0 aromatic rings. The van der Waals surface area contributed by atoms with E-state index in [4.69, 9.17) is 0 Å². The molecule has 0 radical (unpaired) electrons. The van der Waals surface area contributed by atoms with E-state index in [1.165, 1.54) is 0 Å². The SMILES string of the molecule is C=C(C)C1(O)CCC(NC)CC1. The lowest BCUT2D eigenvalue weighted by Crippen LogP contribution is -2.40. The zero-order valence-electron chi connectivity index (χ0n) is 8.06. The molecule has 0 aromatic carbocycles. The molecule has 0 aliphatic heterocycles. The summed E-state index contributed by atoms with van der Waals surface area (Å²) in [5.41, 5.74) is 0.338. The fourth-order valence-corrected chi connectivity index (χ4v) is 1.81. The van der Waals surface area contributed by atoms with Gasteiger partial charge in [0, 0.05) is 6.04 Å². The Bertz CT molecular complexity index is 169. The van der Waals surface area contributed by atoms with Crippen molar-refractivity contribution in [2.75, 3.05) is 7.05 Å². The number of rotatable bonds is 2. The van der Waals surface area contributed by atoms with Crippen molar-refractivity contribution in [1.82, 2.24) is 5.32 Å². The van der Waals surface area contributed by atoms with E-state index in [0.717, 1.165) is 31.3 Å². The van der Waals surface area contributed by atoms with Gasteiger partial charge in [-0.1, -0.05) is 6.58 Å². The van der Waals surface area contributed by atoms with Crippen molar-refractivity contribution in [2.24, 2.45) is 0 Å². The molecule has 2 nitrogen and oxygen atoms in total. The lowest BCUT2D eigenvalue weighted by atomic mass is 9.78. The van der Waals surface area contributed by atoms with Gasteiger partial charge in [0.05, 0.1) is 5.60 Å². The Hall–Kier alpha value is -0.340. The summed E-state index contributed by atoms with van der Waals surface area (Å²) in [6.07, 6.45) is 3.82. The fourth-order valence-electron chi connectivity index (χ4n) is 1.81. The van der Waals surface area contributed by atoms with Gasteiger partial charge in [-0.25, -0.2) is 0 Å². The first kappa shape index (κ1) is 9.75. The van der Waals surface area contributed by atoms with Crippen LogP contribution in [0.3, 0.4) is 0 Å². The summed E-state index contributed by atoms with van der Waals surface area (Å²) in [5, 5.41) is 13.3. The van der Waals surface area contributed by atoms with Crippen LogP contribution in [-0.2, 0) is 0 Å². The molecular formula is C10H19NO. The van der Waals surface area contributed by atoms with E-state index in [1.807, 2.05) is 14.0 Å². The van der Waals surface area contributed by atoms with Crippen LogP contribution in [0.2, 0.25) is 0 Å². The first-order valence-electron chi connectivity index (χ1n) is 4.64. The number of hydrogen-bond acceptors (Lipinski definition) is 2. The molecule has 1 saturated carbocycles. The molecule has 70 valence electrons. The second kappa shape index (κ2) is 3.58. The second-order valence-electron chi connectivity index (χ2n) is 3.87. The Morgan fingerprint density at radius 3 is 2.33 bits per heavy atom. The highest BCUT2D eigenvalue weighted by molar-refractivity contribution is 5.11. The normalized spacial score (nSPS) is 36.4. The maximum Gasteiger partial charge on any atom is 0.0852 e. The molecule has 12 heavy (non-hydrogen) atoms. The molecule has 0 saturated heterocycles. The van der Waals surface area contributed by atoms with Gasteiger partial charge >= 0.3 is 0 Å². The van der Waals surface area contributed by atoms with Crippen LogP contribution in [0.25, 0.3) is 0 Å². The zero-order chi connectivity index (χ0) is 9.19. The van der Waals surface area contributed by atoms with E-state index in [-0.39, 0.29) is 0 Å². The van der Waals surface area contributed by atoms with E-state index in [2.05, 4.69) is 11.9 Å². The Morgan fingerprint density at radius 1 is 1.50 bits per heavy atom. The highest BCUT2D eigenvalue weighted by Crippen LogP contribution is 2.32. The van der Waals surface area contributed by atoms with E-state index in [0.29, 0.717) is 6.04 Å². The maximum atomic E-state index is 10.0. The lowest BCUT2D eigenvalue weighted by molar-refractivity contribution is 0.0320. The summed E-state index contributed by atoms with van der Waals surface area (Å²) < 4.78 is 0. The van der Waals surface area contributed by atoms with Crippen LogP contribution in [0.1, 0.15) is 32.6 Å². The fraction of sp³-hybridized carbons (Fsp3) is 0.800. The predicted octanol–water partition coefficient (Wildman–Crippen LogP) is 1.46. The van der Waals surface area contributed by atoms with Crippen LogP contribution in [0.5, 0.6) is 0 Å². The number of aliphatic hydroxyl groups is 1. The average Bonchev–Trinajstić information content (AvgIpc) is 2.06. The average molecular weight is 169 g/mol. The Labute approximate surface area is 74.7 Å². The largest absolute Gasteiger partial charge is 0.386 e. The van der Waals surface area contributed by atoms with Gasteiger partial charge in [0.25, 0.3) is 0 Å². The molecule has 0 atom stereocenters.